The zero-order chi connectivity index (χ0) is 32.5. The van der Waals surface area contributed by atoms with Gasteiger partial charge in [-0.1, -0.05) is 11.0 Å². The second-order valence-electron chi connectivity index (χ2n) is 9.08. The third kappa shape index (κ3) is 11.6. The quantitative estimate of drug-likeness (QED) is 0.0364. The Morgan fingerprint density at radius 2 is 1.82 bits per heavy atom. The molecule has 1 unspecified atom stereocenters. The molecule has 44 heavy (non-hydrogen) atoms. The van der Waals surface area contributed by atoms with E-state index in [2.05, 4.69) is 26.6 Å². The van der Waals surface area contributed by atoms with Crippen molar-refractivity contribution in [3.05, 3.63) is 34.2 Å². The number of halogens is 1. The van der Waals surface area contributed by atoms with Crippen LogP contribution in [0.3, 0.4) is 0 Å². The molecule has 0 aliphatic carbocycles. The molecule has 2 rings (SSSR count). The molecule has 1 aliphatic rings. The molecule has 18 heteroatoms. The molecule has 1 saturated heterocycles. The number of carboxylic acids is 1. The highest BCUT2D eigenvalue weighted by atomic mass is 19.1. The normalized spacial score (nSPS) is 21.8. The maximum atomic E-state index is 13.9. The van der Waals surface area contributed by atoms with Crippen LogP contribution in [0.4, 0.5) is 10.1 Å². The molecule has 0 aromatic heterocycles. The Hall–Kier alpha value is -4.05. The summed E-state index contributed by atoms with van der Waals surface area (Å²) in [6, 6.07) is 2.49. The zero-order valence-electron chi connectivity index (χ0n) is 23.4. The largest absolute Gasteiger partial charge is 0.479 e. The van der Waals surface area contributed by atoms with Gasteiger partial charge in [0.05, 0.1) is 26.4 Å². The Labute approximate surface area is 250 Å². The number of amides is 2. The van der Waals surface area contributed by atoms with Gasteiger partial charge in [-0.05, 0) is 30.2 Å². The number of aliphatic carboxylic acids is 1. The topological polar surface area (TPSA) is 251 Å². The molecular formula is C26H34FN5O12. The van der Waals surface area contributed by atoms with Crippen molar-refractivity contribution in [1.82, 2.24) is 5.32 Å². The Kier molecular flexibility index (Phi) is 15.8. The number of aliphatic hydroxyl groups is 3. The number of terminal acetylenes is 1. The number of anilines is 1. The third-order valence-corrected chi connectivity index (χ3v) is 5.92. The van der Waals surface area contributed by atoms with Crippen LogP contribution in [0.15, 0.2) is 23.3 Å². The van der Waals surface area contributed by atoms with Gasteiger partial charge >= 0.3 is 5.97 Å². The first-order valence-corrected chi connectivity index (χ1v) is 13.2. The van der Waals surface area contributed by atoms with Crippen molar-refractivity contribution in [3.8, 4) is 18.1 Å². The number of carbonyl (C=O) groups is 3. The second kappa shape index (κ2) is 19.3. The average molecular weight is 628 g/mol. The van der Waals surface area contributed by atoms with Gasteiger partial charge in [0.1, 0.15) is 50.0 Å². The molecule has 6 N–H and O–H groups in total. The number of alkyl halides is 1. The molecule has 0 bridgehead atoms. The number of carboxylic acid groups (broad SMARTS) is 1. The minimum Gasteiger partial charge on any atom is -0.479 e. The summed E-state index contributed by atoms with van der Waals surface area (Å²) in [5.74, 6) is -0.894. The van der Waals surface area contributed by atoms with Gasteiger partial charge in [0.15, 0.2) is 6.10 Å². The summed E-state index contributed by atoms with van der Waals surface area (Å²) >= 11 is 0. The minimum absolute atomic E-state index is 0.0710. The van der Waals surface area contributed by atoms with Crippen LogP contribution < -0.4 is 15.4 Å². The van der Waals surface area contributed by atoms with Gasteiger partial charge in [0, 0.05) is 22.7 Å². The second-order valence-corrected chi connectivity index (χ2v) is 9.08. The van der Waals surface area contributed by atoms with Gasteiger partial charge in [0.25, 0.3) is 0 Å². The molecule has 6 atom stereocenters. The fourth-order valence-electron chi connectivity index (χ4n) is 3.75. The van der Waals surface area contributed by atoms with E-state index in [0.29, 0.717) is 6.61 Å². The number of nitrogens with one attached hydrogen (secondary N) is 2. The number of carbonyl (C=O) groups excluding carboxylic acids is 2. The smallest absolute Gasteiger partial charge is 0.335 e. The van der Waals surface area contributed by atoms with Crippen molar-refractivity contribution in [1.29, 1.82) is 0 Å². The first-order chi connectivity index (χ1) is 21.1. The lowest BCUT2D eigenvalue weighted by Gasteiger charge is -2.38. The van der Waals surface area contributed by atoms with Gasteiger partial charge in [-0.15, -0.1) is 6.42 Å². The minimum atomic E-state index is -1.94. The summed E-state index contributed by atoms with van der Waals surface area (Å²) < 4.78 is 39.8. The fourth-order valence-corrected chi connectivity index (χ4v) is 3.75. The lowest BCUT2D eigenvalue weighted by molar-refractivity contribution is -0.271. The molecule has 1 aromatic rings. The molecule has 2 amide bonds. The van der Waals surface area contributed by atoms with Crippen LogP contribution in [0.5, 0.6) is 5.75 Å². The van der Waals surface area contributed by atoms with E-state index in [1.807, 2.05) is 0 Å². The molecule has 0 radical (unpaired) electrons. The van der Waals surface area contributed by atoms with E-state index in [0.717, 1.165) is 0 Å². The van der Waals surface area contributed by atoms with E-state index in [9.17, 15) is 39.2 Å². The van der Waals surface area contributed by atoms with Gasteiger partial charge in [-0.25, -0.2) is 9.18 Å². The first-order valence-electron chi connectivity index (χ1n) is 13.2. The van der Waals surface area contributed by atoms with Crippen molar-refractivity contribution in [2.75, 3.05) is 51.5 Å². The van der Waals surface area contributed by atoms with Gasteiger partial charge in [0.2, 0.25) is 18.1 Å². The molecule has 0 spiro atoms. The van der Waals surface area contributed by atoms with Crippen LogP contribution in [0.25, 0.3) is 10.4 Å². The van der Waals surface area contributed by atoms with E-state index in [4.69, 9.17) is 35.6 Å². The van der Waals surface area contributed by atoms with Crippen molar-refractivity contribution in [3.63, 3.8) is 0 Å². The van der Waals surface area contributed by atoms with Crippen LogP contribution >= 0.6 is 0 Å². The number of benzene rings is 1. The summed E-state index contributed by atoms with van der Waals surface area (Å²) in [7, 11) is 0. The number of azide groups is 1. The van der Waals surface area contributed by atoms with Crippen LogP contribution in [-0.4, -0.2) is 121 Å². The Morgan fingerprint density at radius 1 is 1.11 bits per heavy atom. The first kappa shape index (κ1) is 36.1. The number of hydrogen-bond donors (Lipinski definition) is 6. The molecule has 1 aromatic carbocycles. The average Bonchev–Trinajstić information content (AvgIpc) is 3.00. The number of nitrogens with zero attached hydrogens (tertiary/aromatic N) is 3. The highest BCUT2D eigenvalue weighted by Gasteiger charge is 2.48. The van der Waals surface area contributed by atoms with E-state index < -0.39 is 67.8 Å². The summed E-state index contributed by atoms with van der Waals surface area (Å²) in [6.45, 7) is -0.650. The summed E-state index contributed by atoms with van der Waals surface area (Å²) in [5, 5.41) is 47.5. The Morgan fingerprint density at radius 3 is 2.48 bits per heavy atom. The van der Waals surface area contributed by atoms with Crippen molar-refractivity contribution in [2.45, 2.75) is 49.8 Å². The highest BCUT2D eigenvalue weighted by molar-refractivity contribution is 5.97. The maximum absolute atomic E-state index is 13.9. The predicted octanol–water partition coefficient (Wildman–Crippen LogP) is -0.766. The molecule has 0 saturated carbocycles. The van der Waals surface area contributed by atoms with Crippen LogP contribution in [0.2, 0.25) is 0 Å². The third-order valence-electron chi connectivity index (χ3n) is 5.92. The predicted molar refractivity (Wildman–Crippen MR) is 147 cm³/mol. The van der Waals surface area contributed by atoms with Crippen LogP contribution in [0.1, 0.15) is 12.0 Å². The summed E-state index contributed by atoms with van der Waals surface area (Å²) in [5.41, 5.74) is 8.48. The lowest BCUT2D eigenvalue weighted by Crippen LogP contribution is -2.61. The molecule has 17 nitrogen and oxygen atoms in total. The van der Waals surface area contributed by atoms with Gasteiger partial charge in [-0.2, -0.15) is 0 Å². The monoisotopic (exact) mass is 627 g/mol. The lowest BCUT2D eigenvalue weighted by atomic mass is 9.99. The molecule has 242 valence electrons. The van der Waals surface area contributed by atoms with E-state index in [-0.39, 0.29) is 56.4 Å². The Balaban J connectivity index is 1.98. The summed E-state index contributed by atoms with van der Waals surface area (Å²) in [6.07, 6.45) is -4.46. The Bertz CT molecular complexity index is 1190. The molecule has 1 heterocycles. The van der Waals surface area contributed by atoms with E-state index in [1.165, 1.54) is 18.2 Å². The van der Waals surface area contributed by atoms with Crippen LogP contribution in [-0.2, 0) is 40.0 Å². The van der Waals surface area contributed by atoms with Gasteiger partial charge < -0.3 is 54.7 Å². The van der Waals surface area contributed by atoms with E-state index in [1.54, 1.807) is 0 Å². The molecule has 1 aliphatic heterocycles. The van der Waals surface area contributed by atoms with E-state index >= 15 is 0 Å². The van der Waals surface area contributed by atoms with Crippen molar-refractivity contribution in [2.24, 2.45) is 5.11 Å². The van der Waals surface area contributed by atoms with Gasteiger partial charge in [-0.3, -0.25) is 9.59 Å². The number of hydrogen-bond acceptors (Lipinski definition) is 12. The summed E-state index contributed by atoms with van der Waals surface area (Å²) in [4.78, 5) is 39.2. The van der Waals surface area contributed by atoms with Crippen molar-refractivity contribution < 1.29 is 62.9 Å². The van der Waals surface area contributed by atoms with Crippen LogP contribution in [0, 0.1) is 12.3 Å². The molecule has 1 fully saturated rings. The highest BCUT2D eigenvalue weighted by Crippen LogP contribution is 2.29. The fraction of sp³-hybridized carbons (Fsp3) is 0.577. The number of aliphatic hydroxyl groups excluding tert-OH is 3. The zero-order valence-corrected chi connectivity index (χ0v) is 23.4. The standard InChI is InChI=1S/C26H34FN5O12/c1-2-7-40-8-9-41-10-11-42-14-19(33)31-17(5-6-29-32-28)24(37)30-16-3-4-18(15(12-16)13-27)43-26-22(36)20(34)21(35)23(44-26)25(38)39/h1,3-4,12,17,20-23,26,34-36H,5-11,13-14H2,(H,30,37)(H,31,33)(H,38,39)/t17?,20-,21-,22+,23-,26+/m1/s1. The van der Waals surface area contributed by atoms with Crippen molar-refractivity contribution >= 4 is 23.5 Å². The molecular weight excluding hydrogens is 593 g/mol. The number of rotatable bonds is 19. The number of ether oxygens (including phenoxy) is 5. The SMILES string of the molecule is C#CCOCCOCCOCC(=O)NC(CCN=[N+]=[N-])C(=O)Nc1ccc(O[C@H]2O[C@@H](C(=O)O)[C@H](O)[C@@H](O)[C@@H]2O)c(CF)c1. The maximum Gasteiger partial charge on any atom is 0.335 e.